The van der Waals surface area contributed by atoms with Crippen molar-refractivity contribution < 1.29 is 19.0 Å². The average Bonchev–Trinajstić information content (AvgIpc) is 3.14. The lowest BCUT2D eigenvalue weighted by atomic mass is 10.1. The molecule has 1 amide bonds. The largest absolute Gasteiger partial charge is 0.481 e. The van der Waals surface area contributed by atoms with Gasteiger partial charge in [-0.15, -0.1) is 0 Å². The Balaban J connectivity index is 2.06. The van der Waals surface area contributed by atoms with Crippen LogP contribution in [0, 0.1) is 5.82 Å². The molecular weight excluding hydrogens is 249 g/mol. The molecule has 104 valence electrons. The smallest absolute Gasteiger partial charge is 0.260 e. The molecular formula is C14H18FNO3. The number of hydrogen-bond donors (Lipinski definition) is 2. The maximum Gasteiger partial charge on any atom is 0.260 e. The molecule has 1 aliphatic carbocycles. The van der Waals surface area contributed by atoms with Crippen molar-refractivity contribution in [2.24, 2.45) is 0 Å². The normalized spacial score (nSPS) is 17.7. The van der Waals surface area contributed by atoms with Crippen LogP contribution in [0.1, 0.15) is 38.4 Å². The summed E-state index contributed by atoms with van der Waals surface area (Å²) in [5, 5.41) is 12.4. The summed E-state index contributed by atoms with van der Waals surface area (Å²) in [6.07, 6.45) is 0.481. The van der Waals surface area contributed by atoms with Crippen LogP contribution >= 0.6 is 0 Å². The van der Waals surface area contributed by atoms with Crippen molar-refractivity contribution in [2.45, 2.75) is 44.9 Å². The van der Waals surface area contributed by atoms with E-state index in [-0.39, 0.29) is 11.9 Å². The van der Waals surface area contributed by atoms with E-state index in [4.69, 9.17) is 4.74 Å². The van der Waals surface area contributed by atoms with Gasteiger partial charge in [0.1, 0.15) is 11.6 Å². The van der Waals surface area contributed by atoms with Gasteiger partial charge >= 0.3 is 0 Å². The van der Waals surface area contributed by atoms with Crippen LogP contribution in [0.25, 0.3) is 0 Å². The van der Waals surface area contributed by atoms with Gasteiger partial charge in [-0.3, -0.25) is 4.79 Å². The molecule has 0 spiro atoms. The Morgan fingerprint density at radius 1 is 1.47 bits per heavy atom. The fourth-order valence-electron chi connectivity index (χ4n) is 1.74. The third-order valence-corrected chi connectivity index (χ3v) is 3.02. The summed E-state index contributed by atoms with van der Waals surface area (Å²) in [5.41, 5.74) is 0.339. The molecule has 0 aliphatic heterocycles. The number of aliphatic hydroxyl groups is 1. The van der Waals surface area contributed by atoms with Crippen LogP contribution in [-0.2, 0) is 4.79 Å². The van der Waals surface area contributed by atoms with Gasteiger partial charge in [-0.05, 0) is 44.9 Å². The van der Waals surface area contributed by atoms with Gasteiger partial charge in [0.2, 0.25) is 0 Å². The van der Waals surface area contributed by atoms with Crippen LogP contribution in [0.3, 0.4) is 0 Å². The lowest BCUT2D eigenvalue weighted by Gasteiger charge is -2.18. The van der Waals surface area contributed by atoms with E-state index in [9.17, 15) is 14.3 Å². The molecule has 0 saturated heterocycles. The summed E-state index contributed by atoms with van der Waals surface area (Å²) in [6.45, 7) is 3.16. The van der Waals surface area contributed by atoms with E-state index in [1.807, 2.05) is 0 Å². The van der Waals surface area contributed by atoms with Gasteiger partial charge < -0.3 is 15.2 Å². The lowest BCUT2D eigenvalue weighted by Crippen LogP contribution is -2.37. The molecule has 0 heterocycles. The summed E-state index contributed by atoms with van der Waals surface area (Å²) in [6, 6.07) is 4.15. The number of nitrogens with one attached hydrogen (secondary N) is 1. The van der Waals surface area contributed by atoms with Gasteiger partial charge in [-0.2, -0.15) is 0 Å². The highest BCUT2D eigenvalue weighted by Crippen LogP contribution is 2.27. The van der Waals surface area contributed by atoms with E-state index in [0.717, 1.165) is 12.8 Å². The van der Waals surface area contributed by atoms with E-state index in [1.54, 1.807) is 6.92 Å². The zero-order chi connectivity index (χ0) is 14.0. The fourth-order valence-corrected chi connectivity index (χ4v) is 1.74. The molecule has 1 saturated carbocycles. The molecule has 1 aromatic carbocycles. The lowest BCUT2D eigenvalue weighted by molar-refractivity contribution is -0.127. The zero-order valence-corrected chi connectivity index (χ0v) is 11.0. The van der Waals surface area contributed by atoms with Crippen LogP contribution < -0.4 is 10.1 Å². The second-order valence-electron chi connectivity index (χ2n) is 4.90. The molecule has 0 radical (unpaired) electrons. The molecule has 5 heteroatoms. The van der Waals surface area contributed by atoms with Crippen molar-refractivity contribution in [3.05, 3.63) is 29.6 Å². The Labute approximate surface area is 111 Å². The first kappa shape index (κ1) is 13.8. The molecule has 0 bridgehead atoms. The molecule has 2 atom stereocenters. The predicted molar refractivity (Wildman–Crippen MR) is 68.3 cm³/mol. The molecule has 2 rings (SSSR count). The minimum Gasteiger partial charge on any atom is -0.481 e. The van der Waals surface area contributed by atoms with Crippen LogP contribution in [0.4, 0.5) is 4.39 Å². The number of rotatable bonds is 5. The van der Waals surface area contributed by atoms with Crippen molar-refractivity contribution in [1.29, 1.82) is 0 Å². The number of ether oxygens (including phenoxy) is 1. The van der Waals surface area contributed by atoms with Crippen LogP contribution in [0.15, 0.2) is 18.2 Å². The monoisotopic (exact) mass is 267 g/mol. The number of amides is 1. The summed E-state index contributed by atoms with van der Waals surface area (Å²) < 4.78 is 18.7. The summed E-state index contributed by atoms with van der Waals surface area (Å²) in [7, 11) is 0. The topological polar surface area (TPSA) is 58.6 Å². The second kappa shape index (κ2) is 5.57. The second-order valence-corrected chi connectivity index (χ2v) is 4.90. The van der Waals surface area contributed by atoms with E-state index < -0.39 is 18.0 Å². The standard InChI is InChI=1S/C14H18FNO3/c1-8(17)12-7-10(15)3-6-13(12)19-9(2)14(18)16-11-4-5-11/h3,6-9,11,17H,4-5H2,1-2H3,(H,16,18). The number of benzene rings is 1. The van der Waals surface area contributed by atoms with Gasteiger partial charge in [0.25, 0.3) is 5.91 Å². The first-order valence-electron chi connectivity index (χ1n) is 6.42. The summed E-state index contributed by atoms with van der Waals surface area (Å²) in [4.78, 5) is 11.8. The Kier molecular flexibility index (Phi) is 4.04. The number of carbonyl (C=O) groups excluding carboxylic acids is 1. The summed E-state index contributed by atoms with van der Waals surface area (Å²) in [5.74, 6) is -0.309. The predicted octanol–water partition coefficient (Wildman–Crippen LogP) is 1.92. The van der Waals surface area contributed by atoms with Gasteiger partial charge in [0.15, 0.2) is 6.10 Å². The van der Waals surface area contributed by atoms with Crippen LogP contribution in [0.5, 0.6) is 5.75 Å². The van der Waals surface area contributed by atoms with Gasteiger partial charge in [-0.25, -0.2) is 4.39 Å². The Bertz CT molecular complexity index is 472. The van der Waals surface area contributed by atoms with E-state index in [1.165, 1.54) is 25.1 Å². The van der Waals surface area contributed by atoms with Crippen molar-refractivity contribution in [3.63, 3.8) is 0 Å². The average molecular weight is 267 g/mol. The maximum absolute atomic E-state index is 13.1. The summed E-state index contributed by atoms with van der Waals surface area (Å²) >= 11 is 0. The zero-order valence-electron chi connectivity index (χ0n) is 11.0. The molecule has 1 aliphatic rings. The molecule has 2 N–H and O–H groups in total. The fraction of sp³-hybridized carbons (Fsp3) is 0.500. The van der Waals surface area contributed by atoms with Gasteiger partial charge in [-0.1, -0.05) is 0 Å². The van der Waals surface area contributed by atoms with Crippen LogP contribution in [0.2, 0.25) is 0 Å². The maximum atomic E-state index is 13.1. The quantitative estimate of drug-likeness (QED) is 0.857. The van der Waals surface area contributed by atoms with E-state index >= 15 is 0 Å². The highest BCUT2D eigenvalue weighted by molar-refractivity contribution is 5.81. The SMILES string of the molecule is CC(Oc1ccc(F)cc1C(C)O)C(=O)NC1CC1. The molecule has 1 aromatic rings. The Hall–Kier alpha value is -1.62. The first-order valence-corrected chi connectivity index (χ1v) is 6.42. The van der Waals surface area contributed by atoms with Crippen molar-refractivity contribution in [2.75, 3.05) is 0 Å². The Morgan fingerprint density at radius 3 is 2.74 bits per heavy atom. The number of carbonyl (C=O) groups is 1. The molecule has 19 heavy (non-hydrogen) atoms. The van der Waals surface area contributed by atoms with E-state index in [0.29, 0.717) is 11.3 Å². The number of aliphatic hydroxyl groups excluding tert-OH is 1. The van der Waals surface area contributed by atoms with E-state index in [2.05, 4.69) is 5.32 Å². The highest BCUT2D eigenvalue weighted by Gasteiger charge is 2.26. The highest BCUT2D eigenvalue weighted by atomic mass is 19.1. The van der Waals surface area contributed by atoms with Crippen molar-refractivity contribution in [3.8, 4) is 5.75 Å². The Morgan fingerprint density at radius 2 is 2.16 bits per heavy atom. The molecule has 2 unspecified atom stereocenters. The molecule has 1 fully saturated rings. The third-order valence-electron chi connectivity index (χ3n) is 3.02. The van der Waals surface area contributed by atoms with Gasteiger partial charge in [0.05, 0.1) is 6.10 Å². The van der Waals surface area contributed by atoms with Crippen molar-refractivity contribution >= 4 is 5.91 Å². The third kappa shape index (κ3) is 3.67. The molecule has 4 nitrogen and oxygen atoms in total. The number of hydrogen-bond acceptors (Lipinski definition) is 3. The molecule has 0 aromatic heterocycles. The van der Waals surface area contributed by atoms with Crippen molar-refractivity contribution in [1.82, 2.24) is 5.32 Å². The first-order chi connectivity index (χ1) is 8.97. The minimum atomic E-state index is -0.857. The van der Waals surface area contributed by atoms with Crippen LogP contribution in [-0.4, -0.2) is 23.2 Å². The number of halogens is 1. The minimum absolute atomic E-state index is 0.191. The van der Waals surface area contributed by atoms with Gasteiger partial charge in [0, 0.05) is 11.6 Å².